The van der Waals surface area contributed by atoms with Gasteiger partial charge in [-0.3, -0.25) is 0 Å². The summed E-state index contributed by atoms with van der Waals surface area (Å²) in [6.45, 7) is 1.94. The SMILES string of the molecule is CCOC(=O)c1cc(F)cc(Cl)c1. The number of esters is 1. The molecular weight excluding hydrogens is 195 g/mol. The Morgan fingerprint density at radius 3 is 2.77 bits per heavy atom. The minimum absolute atomic E-state index is 0.131. The quantitative estimate of drug-likeness (QED) is 0.690. The number of rotatable bonds is 2. The molecular formula is C9H8ClFO2. The molecule has 4 heteroatoms. The summed E-state index contributed by atoms with van der Waals surface area (Å²) in [5.74, 6) is -1.11. The van der Waals surface area contributed by atoms with E-state index in [0.29, 0.717) is 0 Å². The average molecular weight is 203 g/mol. The van der Waals surface area contributed by atoms with Crippen LogP contribution in [0.2, 0.25) is 5.02 Å². The molecule has 0 aliphatic carbocycles. The fourth-order valence-electron chi connectivity index (χ4n) is 0.886. The summed E-state index contributed by atoms with van der Waals surface area (Å²) in [5.41, 5.74) is 0.131. The Morgan fingerprint density at radius 2 is 2.23 bits per heavy atom. The molecule has 2 nitrogen and oxygen atoms in total. The second-order valence-electron chi connectivity index (χ2n) is 2.38. The maximum absolute atomic E-state index is 12.7. The van der Waals surface area contributed by atoms with Crippen LogP contribution in [0.1, 0.15) is 17.3 Å². The van der Waals surface area contributed by atoms with Gasteiger partial charge in [-0.1, -0.05) is 11.6 Å². The van der Waals surface area contributed by atoms with Crippen molar-refractivity contribution in [2.45, 2.75) is 6.92 Å². The summed E-state index contributed by atoms with van der Waals surface area (Å²) in [5, 5.41) is 0.183. The molecule has 70 valence electrons. The number of benzene rings is 1. The zero-order valence-corrected chi connectivity index (χ0v) is 7.77. The third kappa shape index (κ3) is 2.70. The van der Waals surface area contributed by atoms with Gasteiger partial charge in [0.25, 0.3) is 0 Å². The van der Waals surface area contributed by atoms with Crippen molar-refractivity contribution in [2.75, 3.05) is 6.61 Å². The summed E-state index contributed by atoms with van der Waals surface area (Å²) < 4.78 is 17.4. The predicted octanol–water partition coefficient (Wildman–Crippen LogP) is 2.66. The van der Waals surface area contributed by atoms with Crippen molar-refractivity contribution in [3.05, 3.63) is 34.6 Å². The molecule has 0 radical (unpaired) electrons. The van der Waals surface area contributed by atoms with Crippen molar-refractivity contribution < 1.29 is 13.9 Å². The van der Waals surface area contributed by atoms with Crippen LogP contribution in [0.4, 0.5) is 4.39 Å². The predicted molar refractivity (Wildman–Crippen MR) is 47.4 cm³/mol. The lowest BCUT2D eigenvalue weighted by Crippen LogP contribution is -2.04. The van der Waals surface area contributed by atoms with E-state index in [2.05, 4.69) is 4.74 Å². The molecule has 1 aromatic rings. The van der Waals surface area contributed by atoms with Gasteiger partial charge in [-0.15, -0.1) is 0 Å². The fourth-order valence-corrected chi connectivity index (χ4v) is 1.11. The summed E-state index contributed by atoms with van der Waals surface area (Å²) in [6, 6.07) is 3.58. The summed E-state index contributed by atoms with van der Waals surface area (Å²) in [6.07, 6.45) is 0. The van der Waals surface area contributed by atoms with Crippen LogP contribution in [0, 0.1) is 5.82 Å². The van der Waals surface area contributed by atoms with Gasteiger partial charge in [-0.2, -0.15) is 0 Å². The Hall–Kier alpha value is -1.09. The highest BCUT2D eigenvalue weighted by Crippen LogP contribution is 2.14. The summed E-state index contributed by atoms with van der Waals surface area (Å²) in [4.78, 5) is 11.1. The first-order valence-electron chi connectivity index (χ1n) is 3.76. The highest BCUT2D eigenvalue weighted by molar-refractivity contribution is 6.30. The average Bonchev–Trinajstić information content (AvgIpc) is 2.03. The van der Waals surface area contributed by atoms with Crippen LogP contribution in [0.15, 0.2) is 18.2 Å². The molecule has 0 atom stereocenters. The zero-order chi connectivity index (χ0) is 9.84. The van der Waals surface area contributed by atoms with E-state index in [1.54, 1.807) is 6.92 Å². The molecule has 1 rings (SSSR count). The van der Waals surface area contributed by atoms with Gasteiger partial charge in [-0.25, -0.2) is 9.18 Å². The van der Waals surface area contributed by atoms with Crippen LogP contribution in [-0.2, 0) is 4.74 Å². The summed E-state index contributed by atoms with van der Waals surface area (Å²) >= 11 is 5.55. The number of halogens is 2. The second kappa shape index (κ2) is 4.23. The van der Waals surface area contributed by atoms with E-state index in [1.807, 2.05) is 0 Å². The van der Waals surface area contributed by atoms with Crippen molar-refractivity contribution in [3.63, 3.8) is 0 Å². The van der Waals surface area contributed by atoms with Crippen LogP contribution < -0.4 is 0 Å². The van der Waals surface area contributed by atoms with Gasteiger partial charge in [0.1, 0.15) is 5.82 Å². The van der Waals surface area contributed by atoms with E-state index in [9.17, 15) is 9.18 Å². The highest BCUT2D eigenvalue weighted by Gasteiger charge is 2.08. The van der Waals surface area contributed by atoms with Gasteiger partial charge in [0.2, 0.25) is 0 Å². The number of carbonyl (C=O) groups is 1. The standard InChI is InChI=1S/C9H8ClFO2/c1-2-13-9(12)6-3-7(10)5-8(11)4-6/h3-5H,2H2,1H3. The number of hydrogen-bond donors (Lipinski definition) is 0. The molecule has 0 spiro atoms. The maximum atomic E-state index is 12.7. The number of hydrogen-bond acceptors (Lipinski definition) is 2. The first-order valence-corrected chi connectivity index (χ1v) is 4.14. The Labute approximate surface area is 80.3 Å². The number of carbonyl (C=O) groups excluding carboxylic acids is 1. The maximum Gasteiger partial charge on any atom is 0.338 e. The molecule has 0 aliphatic rings. The minimum atomic E-state index is -0.566. The van der Waals surface area contributed by atoms with Crippen LogP contribution in [0.3, 0.4) is 0 Å². The van der Waals surface area contributed by atoms with E-state index in [-0.39, 0.29) is 17.2 Å². The molecule has 1 aromatic carbocycles. The largest absolute Gasteiger partial charge is 0.462 e. The molecule has 0 bridgehead atoms. The van der Waals surface area contributed by atoms with Gasteiger partial charge in [-0.05, 0) is 25.1 Å². The highest BCUT2D eigenvalue weighted by atomic mass is 35.5. The van der Waals surface area contributed by atoms with Gasteiger partial charge in [0.15, 0.2) is 0 Å². The molecule has 0 heterocycles. The van der Waals surface area contributed by atoms with Crippen molar-refractivity contribution >= 4 is 17.6 Å². The van der Waals surface area contributed by atoms with E-state index in [4.69, 9.17) is 11.6 Å². The second-order valence-corrected chi connectivity index (χ2v) is 2.82. The lowest BCUT2D eigenvalue weighted by Gasteiger charge is -2.01. The molecule has 0 aromatic heterocycles. The van der Waals surface area contributed by atoms with E-state index >= 15 is 0 Å². The Balaban J connectivity index is 2.94. The Kier molecular flexibility index (Phi) is 3.25. The molecule has 13 heavy (non-hydrogen) atoms. The molecule has 0 N–H and O–H groups in total. The Morgan fingerprint density at radius 1 is 1.54 bits per heavy atom. The topological polar surface area (TPSA) is 26.3 Å². The number of ether oxygens (including phenoxy) is 1. The lowest BCUT2D eigenvalue weighted by molar-refractivity contribution is 0.0526. The van der Waals surface area contributed by atoms with Crippen LogP contribution in [0.5, 0.6) is 0 Å². The third-order valence-electron chi connectivity index (χ3n) is 1.37. The Bertz CT molecular complexity index is 305. The van der Waals surface area contributed by atoms with Crippen molar-refractivity contribution in [2.24, 2.45) is 0 Å². The normalized spacial score (nSPS) is 9.77. The van der Waals surface area contributed by atoms with Gasteiger partial charge >= 0.3 is 5.97 Å². The van der Waals surface area contributed by atoms with Crippen molar-refractivity contribution in [1.82, 2.24) is 0 Å². The van der Waals surface area contributed by atoms with Gasteiger partial charge in [0, 0.05) is 5.02 Å². The monoisotopic (exact) mass is 202 g/mol. The van der Waals surface area contributed by atoms with Crippen molar-refractivity contribution in [1.29, 1.82) is 0 Å². The minimum Gasteiger partial charge on any atom is -0.462 e. The van der Waals surface area contributed by atoms with Crippen LogP contribution in [0.25, 0.3) is 0 Å². The molecule has 0 fully saturated rings. The van der Waals surface area contributed by atoms with Crippen molar-refractivity contribution in [3.8, 4) is 0 Å². The molecule has 0 saturated heterocycles. The molecule has 0 unspecified atom stereocenters. The van der Waals surface area contributed by atoms with E-state index < -0.39 is 11.8 Å². The first kappa shape index (κ1) is 9.99. The third-order valence-corrected chi connectivity index (χ3v) is 1.59. The molecule has 0 amide bonds. The smallest absolute Gasteiger partial charge is 0.338 e. The summed E-state index contributed by atoms with van der Waals surface area (Å²) in [7, 11) is 0. The van der Waals surface area contributed by atoms with Gasteiger partial charge in [0.05, 0.1) is 12.2 Å². The van der Waals surface area contributed by atoms with Crippen LogP contribution in [-0.4, -0.2) is 12.6 Å². The lowest BCUT2D eigenvalue weighted by atomic mass is 10.2. The molecule has 0 saturated carbocycles. The van der Waals surface area contributed by atoms with Crippen LogP contribution >= 0.6 is 11.6 Å². The van der Waals surface area contributed by atoms with E-state index in [0.717, 1.165) is 12.1 Å². The molecule has 0 aliphatic heterocycles. The first-order chi connectivity index (χ1) is 6.13. The van der Waals surface area contributed by atoms with Gasteiger partial charge < -0.3 is 4.74 Å². The zero-order valence-electron chi connectivity index (χ0n) is 7.01. The fraction of sp³-hybridized carbons (Fsp3) is 0.222. The van der Waals surface area contributed by atoms with E-state index in [1.165, 1.54) is 6.07 Å².